The molecule has 2 atom stereocenters. The number of rotatable bonds is 5. The summed E-state index contributed by atoms with van der Waals surface area (Å²) < 4.78 is 1.76. The summed E-state index contributed by atoms with van der Waals surface area (Å²) in [6, 6.07) is 10.1. The van der Waals surface area contributed by atoms with Crippen molar-refractivity contribution in [1.82, 2.24) is 19.7 Å². The van der Waals surface area contributed by atoms with Gasteiger partial charge in [0.2, 0.25) is 5.95 Å². The molecule has 0 spiro atoms. The Labute approximate surface area is 156 Å². The number of fused-ring (bicyclic) bond motifs is 1. The predicted molar refractivity (Wildman–Crippen MR) is 102 cm³/mol. The van der Waals surface area contributed by atoms with E-state index >= 15 is 0 Å². The van der Waals surface area contributed by atoms with Crippen LogP contribution in [0.4, 0.5) is 5.95 Å². The Morgan fingerprint density at radius 2 is 2.27 bits per heavy atom. The fraction of sp³-hybridized carbons (Fsp3) is 0.316. The van der Waals surface area contributed by atoms with Gasteiger partial charge < -0.3 is 5.32 Å². The molecule has 0 unspecified atom stereocenters. The molecular weight excluding hydrogens is 350 g/mol. The van der Waals surface area contributed by atoms with Crippen molar-refractivity contribution in [3.63, 3.8) is 0 Å². The smallest absolute Gasteiger partial charge is 0.252 e. The van der Waals surface area contributed by atoms with E-state index in [-0.39, 0.29) is 17.5 Å². The lowest BCUT2D eigenvalue weighted by atomic mass is 10.1. The largest absolute Gasteiger partial charge is 0.349 e. The van der Waals surface area contributed by atoms with Crippen molar-refractivity contribution in [3.8, 4) is 0 Å². The Morgan fingerprint density at radius 1 is 1.42 bits per heavy atom. The molecule has 0 saturated heterocycles. The van der Waals surface area contributed by atoms with Gasteiger partial charge in [-0.25, -0.2) is 4.98 Å². The van der Waals surface area contributed by atoms with E-state index in [0.717, 1.165) is 18.5 Å². The van der Waals surface area contributed by atoms with Crippen LogP contribution in [0.25, 0.3) is 0 Å². The van der Waals surface area contributed by atoms with Gasteiger partial charge in [-0.2, -0.15) is 5.10 Å². The van der Waals surface area contributed by atoms with Crippen LogP contribution in [0.1, 0.15) is 42.1 Å². The van der Waals surface area contributed by atoms with E-state index in [9.17, 15) is 4.79 Å². The van der Waals surface area contributed by atoms with Crippen LogP contribution in [-0.4, -0.2) is 19.7 Å². The van der Waals surface area contributed by atoms with Gasteiger partial charge in [-0.3, -0.25) is 14.5 Å². The maximum atomic E-state index is 12.1. The normalized spacial score (nSPS) is 17.1. The number of benzene rings is 1. The molecule has 0 radical (unpaired) electrons. The maximum absolute atomic E-state index is 12.1. The lowest BCUT2D eigenvalue weighted by Crippen LogP contribution is -2.18. The third-order valence-electron chi connectivity index (χ3n) is 4.77. The van der Waals surface area contributed by atoms with Crippen molar-refractivity contribution in [2.45, 2.75) is 38.3 Å². The molecule has 2 N–H and O–H groups in total. The zero-order chi connectivity index (χ0) is 18.1. The second-order valence-corrected chi connectivity index (χ2v) is 7.17. The van der Waals surface area contributed by atoms with Crippen LogP contribution < -0.4 is 10.9 Å². The highest BCUT2D eigenvalue weighted by Crippen LogP contribution is 2.32. The summed E-state index contributed by atoms with van der Waals surface area (Å²) in [7, 11) is 0. The number of aromatic amines is 1. The molecule has 4 rings (SSSR count). The van der Waals surface area contributed by atoms with Crippen molar-refractivity contribution in [1.29, 1.82) is 0 Å². The number of anilines is 1. The average molecular weight is 370 g/mol. The fourth-order valence-electron chi connectivity index (χ4n) is 3.48. The molecule has 1 aliphatic carbocycles. The molecule has 0 fully saturated rings. The van der Waals surface area contributed by atoms with Crippen LogP contribution in [0.3, 0.4) is 0 Å². The van der Waals surface area contributed by atoms with E-state index in [1.165, 1.54) is 11.1 Å². The highest BCUT2D eigenvalue weighted by Gasteiger charge is 2.22. The molecule has 0 bridgehead atoms. The number of nitrogens with zero attached hydrogens (tertiary/aromatic N) is 3. The summed E-state index contributed by atoms with van der Waals surface area (Å²) >= 11 is 5.91. The molecule has 2 heterocycles. The van der Waals surface area contributed by atoms with E-state index in [4.69, 9.17) is 11.6 Å². The minimum absolute atomic E-state index is 0.0321. The molecule has 7 heteroatoms. The van der Waals surface area contributed by atoms with Crippen LogP contribution in [0, 0.1) is 0 Å². The number of hydrogen-bond acceptors (Lipinski definition) is 4. The van der Waals surface area contributed by atoms with Gasteiger partial charge in [0.05, 0.1) is 23.0 Å². The zero-order valence-corrected chi connectivity index (χ0v) is 15.2. The fourth-order valence-corrected chi connectivity index (χ4v) is 3.64. The number of H-pyrrole nitrogens is 1. The molecular formula is C19H20ClN5O. The van der Waals surface area contributed by atoms with Crippen LogP contribution in [-0.2, 0) is 13.0 Å². The number of nitrogens with one attached hydrogen (secondary N) is 2. The van der Waals surface area contributed by atoms with Gasteiger partial charge in [0.25, 0.3) is 5.56 Å². The Kier molecular flexibility index (Phi) is 4.51. The minimum atomic E-state index is -0.158. The number of aromatic nitrogens is 4. The molecule has 0 aliphatic heterocycles. The van der Waals surface area contributed by atoms with Gasteiger partial charge in [-0.05, 0) is 24.0 Å². The standard InChI is InChI=1S/C19H20ClN5O/c1-12(10-25-11-14(20)9-21-25)17-8-18(26)24-19(23-17)22-16-7-6-13-4-2-3-5-15(13)16/h2-5,8-9,11-12,16H,6-7,10H2,1H3,(H2,22,23,24,26)/t12-,16-/m1/s1. The van der Waals surface area contributed by atoms with Gasteiger partial charge in [0, 0.05) is 24.7 Å². The molecule has 2 aromatic heterocycles. The highest BCUT2D eigenvalue weighted by molar-refractivity contribution is 6.30. The van der Waals surface area contributed by atoms with Crippen molar-refractivity contribution in [2.75, 3.05) is 5.32 Å². The number of hydrogen-bond donors (Lipinski definition) is 2. The summed E-state index contributed by atoms with van der Waals surface area (Å²) in [5.74, 6) is 0.546. The topological polar surface area (TPSA) is 75.6 Å². The van der Waals surface area contributed by atoms with Crippen molar-refractivity contribution < 1.29 is 0 Å². The van der Waals surface area contributed by atoms with E-state index < -0.39 is 0 Å². The number of halogens is 1. The molecule has 26 heavy (non-hydrogen) atoms. The van der Waals surface area contributed by atoms with Crippen LogP contribution in [0.5, 0.6) is 0 Å². The summed E-state index contributed by atoms with van der Waals surface area (Å²) in [6.45, 7) is 2.63. The quantitative estimate of drug-likeness (QED) is 0.721. The summed E-state index contributed by atoms with van der Waals surface area (Å²) in [6.07, 6.45) is 5.40. The first-order chi connectivity index (χ1) is 12.6. The Bertz CT molecular complexity index is 980. The average Bonchev–Trinajstić information content (AvgIpc) is 3.21. The van der Waals surface area contributed by atoms with Crippen LogP contribution in [0.15, 0.2) is 47.5 Å². The molecule has 1 aliphatic rings. The first-order valence-electron chi connectivity index (χ1n) is 8.72. The third-order valence-corrected chi connectivity index (χ3v) is 4.97. The van der Waals surface area contributed by atoms with Crippen LogP contribution >= 0.6 is 11.6 Å². The third kappa shape index (κ3) is 3.51. The SMILES string of the molecule is C[C@H](Cn1cc(Cl)cn1)c1cc(=O)[nH]c(N[C@@H]2CCc3ccccc32)n1. The van der Waals surface area contributed by atoms with Crippen LogP contribution in [0.2, 0.25) is 5.02 Å². The lowest BCUT2D eigenvalue weighted by Gasteiger charge is -2.16. The molecule has 0 amide bonds. The zero-order valence-electron chi connectivity index (χ0n) is 14.4. The molecule has 6 nitrogen and oxygen atoms in total. The van der Waals surface area contributed by atoms with Gasteiger partial charge in [-0.1, -0.05) is 42.8 Å². The summed E-state index contributed by atoms with van der Waals surface area (Å²) in [4.78, 5) is 19.6. The second-order valence-electron chi connectivity index (χ2n) is 6.73. The van der Waals surface area contributed by atoms with Crippen molar-refractivity contribution in [3.05, 3.63) is 74.9 Å². The van der Waals surface area contributed by atoms with Gasteiger partial charge in [-0.15, -0.1) is 0 Å². The lowest BCUT2D eigenvalue weighted by molar-refractivity contribution is 0.533. The summed E-state index contributed by atoms with van der Waals surface area (Å²) in [5.41, 5.74) is 3.20. The van der Waals surface area contributed by atoms with E-state index in [1.807, 2.05) is 13.0 Å². The predicted octanol–water partition coefficient (Wildman–Crippen LogP) is 3.52. The first-order valence-corrected chi connectivity index (χ1v) is 9.10. The van der Waals surface area contributed by atoms with Gasteiger partial charge >= 0.3 is 0 Å². The molecule has 3 aromatic rings. The van der Waals surface area contributed by atoms with Crippen molar-refractivity contribution >= 4 is 17.5 Å². The summed E-state index contributed by atoms with van der Waals surface area (Å²) in [5, 5.41) is 8.18. The van der Waals surface area contributed by atoms with Crippen molar-refractivity contribution in [2.24, 2.45) is 0 Å². The highest BCUT2D eigenvalue weighted by atomic mass is 35.5. The Hall–Kier alpha value is -2.60. The van der Waals surface area contributed by atoms with Gasteiger partial charge in [0.1, 0.15) is 0 Å². The monoisotopic (exact) mass is 369 g/mol. The second kappa shape index (κ2) is 6.96. The van der Waals surface area contributed by atoms with E-state index in [2.05, 4.69) is 38.6 Å². The molecule has 134 valence electrons. The minimum Gasteiger partial charge on any atom is -0.349 e. The van der Waals surface area contributed by atoms with E-state index in [1.54, 1.807) is 23.1 Å². The number of aryl methyl sites for hydroxylation is 1. The Morgan fingerprint density at radius 3 is 3.08 bits per heavy atom. The van der Waals surface area contributed by atoms with Gasteiger partial charge in [0.15, 0.2) is 0 Å². The molecule has 0 saturated carbocycles. The molecule has 1 aromatic carbocycles. The maximum Gasteiger partial charge on any atom is 0.252 e. The van der Waals surface area contributed by atoms with E-state index in [0.29, 0.717) is 17.5 Å². The Balaban J connectivity index is 1.54. The first kappa shape index (κ1) is 16.8.